The Morgan fingerprint density at radius 3 is 1.88 bits per heavy atom. The van der Waals surface area contributed by atoms with Crippen LogP contribution in [-0.4, -0.2) is 12.1 Å². The summed E-state index contributed by atoms with van der Waals surface area (Å²) in [7, 11) is 0. The quantitative estimate of drug-likeness (QED) is 0.344. The fourth-order valence-corrected chi connectivity index (χ4v) is 3.64. The summed E-state index contributed by atoms with van der Waals surface area (Å²) in [5.41, 5.74) is 7.68. The molecular formula is C27H25F3N2O. The van der Waals surface area contributed by atoms with Gasteiger partial charge >= 0.3 is 6.18 Å². The van der Waals surface area contributed by atoms with E-state index in [1.165, 1.54) is 48.5 Å². The van der Waals surface area contributed by atoms with Crippen LogP contribution in [0.2, 0.25) is 0 Å². The fraction of sp³-hybridized carbons (Fsp3) is 0.222. The van der Waals surface area contributed by atoms with Gasteiger partial charge in [0.25, 0.3) is 5.91 Å². The molecule has 1 amide bonds. The Kier molecular flexibility index (Phi) is 6.83. The van der Waals surface area contributed by atoms with E-state index in [-0.39, 0.29) is 22.4 Å². The average molecular weight is 451 g/mol. The summed E-state index contributed by atoms with van der Waals surface area (Å²) in [5.74, 6) is 3.90. The number of rotatable bonds is 5. The van der Waals surface area contributed by atoms with Gasteiger partial charge in [-0.05, 0) is 73.9 Å². The van der Waals surface area contributed by atoms with E-state index in [1.807, 2.05) is 26.0 Å². The lowest BCUT2D eigenvalue weighted by atomic mass is 9.85. The van der Waals surface area contributed by atoms with E-state index < -0.39 is 12.1 Å². The van der Waals surface area contributed by atoms with Gasteiger partial charge in [0.1, 0.15) is 5.92 Å². The van der Waals surface area contributed by atoms with Crippen LogP contribution in [0.15, 0.2) is 72.8 Å². The Morgan fingerprint density at radius 2 is 1.39 bits per heavy atom. The van der Waals surface area contributed by atoms with Crippen molar-refractivity contribution in [2.45, 2.75) is 38.3 Å². The number of benzene rings is 3. The molecule has 1 unspecified atom stereocenters. The lowest BCUT2D eigenvalue weighted by molar-refractivity contribution is -0.141. The lowest BCUT2D eigenvalue weighted by Crippen LogP contribution is -2.22. The third-order valence-electron chi connectivity index (χ3n) is 5.41. The van der Waals surface area contributed by atoms with E-state index >= 15 is 0 Å². The number of nitrogens with one attached hydrogen (secondary N) is 1. The van der Waals surface area contributed by atoms with Gasteiger partial charge in [-0.15, -0.1) is 5.92 Å². The average Bonchev–Trinajstić information content (AvgIpc) is 2.75. The van der Waals surface area contributed by atoms with Gasteiger partial charge in [0.05, 0.1) is 5.41 Å². The van der Waals surface area contributed by atoms with E-state index in [2.05, 4.69) is 17.2 Å². The molecule has 6 heteroatoms. The number of carbonyl (C=O) groups is 1. The van der Waals surface area contributed by atoms with Gasteiger partial charge in [-0.1, -0.05) is 42.3 Å². The molecule has 3 rings (SSSR count). The summed E-state index contributed by atoms with van der Waals surface area (Å²) < 4.78 is 41.3. The molecule has 1 atom stereocenters. The van der Waals surface area contributed by atoms with Crippen molar-refractivity contribution < 1.29 is 18.0 Å². The van der Waals surface area contributed by atoms with Crippen LogP contribution in [0.4, 0.5) is 24.5 Å². The summed E-state index contributed by atoms with van der Waals surface area (Å²) in [5, 5.41) is 2.73. The number of hydrogen-bond acceptors (Lipinski definition) is 2. The normalized spacial score (nSPS) is 12.4. The third-order valence-corrected chi connectivity index (χ3v) is 5.41. The number of halogens is 3. The van der Waals surface area contributed by atoms with Gasteiger partial charge in [-0.2, -0.15) is 13.2 Å². The minimum absolute atomic E-state index is 0.0777. The molecule has 0 aromatic heterocycles. The highest BCUT2D eigenvalue weighted by atomic mass is 19.4. The van der Waals surface area contributed by atoms with Crippen molar-refractivity contribution in [2.75, 3.05) is 11.1 Å². The molecule has 3 nitrogen and oxygen atoms in total. The van der Waals surface area contributed by atoms with Crippen molar-refractivity contribution in [3.63, 3.8) is 0 Å². The molecule has 0 fully saturated rings. The molecule has 0 saturated carbocycles. The first-order chi connectivity index (χ1) is 15.5. The summed E-state index contributed by atoms with van der Waals surface area (Å²) in [6, 6.07) is 18.4. The minimum atomic E-state index is -4.47. The van der Waals surface area contributed by atoms with Crippen molar-refractivity contribution in [2.24, 2.45) is 0 Å². The first kappa shape index (κ1) is 23.9. The van der Waals surface area contributed by atoms with Crippen LogP contribution in [0.1, 0.15) is 53.7 Å². The molecule has 0 spiro atoms. The molecule has 0 radical (unpaired) electrons. The van der Waals surface area contributed by atoms with Crippen LogP contribution in [-0.2, 0) is 5.41 Å². The van der Waals surface area contributed by atoms with Crippen LogP contribution in [0.5, 0.6) is 0 Å². The zero-order valence-corrected chi connectivity index (χ0v) is 18.6. The maximum Gasteiger partial charge on any atom is 0.399 e. The number of nitrogen functional groups attached to an aromatic ring is 1. The van der Waals surface area contributed by atoms with Crippen molar-refractivity contribution in [1.29, 1.82) is 0 Å². The van der Waals surface area contributed by atoms with Gasteiger partial charge in [-0.3, -0.25) is 4.79 Å². The number of nitrogens with two attached hydrogens (primary N) is 1. The molecule has 0 aliphatic carbocycles. The van der Waals surface area contributed by atoms with E-state index in [4.69, 9.17) is 5.73 Å². The van der Waals surface area contributed by atoms with Crippen LogP contribution in [0.25, 0.3) is 0 Å². The Labute approximate surface area is 191 Å². The first-order valence-corrected chi connectivity index (χ1v) is 10.4. The Balaban J connectivity index is 1.77. The number of hydrogen-bond donors (Lipinski definition) is 2. The van der Waals surface area contributed by atoms with Gasteiger partial charge in [0, 0.05) is 16.9 Å². The van der Waals surface area contributed by atoms with Gasteiger partial charge in [-0.25, -0.2) is 0 Å². The van der Waals surface area contributed by atoms with Gasteiger partial charge in [0.2, 0.25) is 0 Å². The molecular weight excluding hydrogens is 425 g/mol. The molecule has 0 aliphatic rings. The number of carbonyl (C=O) groups excluding carboxylic acids is 1. The van der Waals surface area contributed by atoms with Crippen molar-refractivity contribution in [3.05, 3.63) is 95.1 Å². The Bertz CT molecular complexity index is 1170. The van der Waals surface area contributed by atoms with Crippen molar-refractivity contribution >= 4 is 17.3 Å². The largest absolute Gasteiger partial charge is 0.399 e. The maximum absolute atomic E-state index is 13.8. The maximum atomic E-state index is 13.8. The van der Waals surface area contributed by atoms with Gasteiger partial charge in [0.15, 0.2) is 0 Å². The summed E-state index contributed by atoms with van der Waals surface area (Å²) in [6.07, 6.45) is -4.47. The summed E-state index contributed by atoms with van der Waals surface area (Å²) in [6.45, 7) is 5.78. The highest BCUT2D eigenvalue weighted by Crippen LogP contribution is 2.40. The van der Waals surface area contributed by atoms with E-state index in [1.54, 1.807) is 19.1 Å². The van der Waals surface area contributed by atoms with Crippen LogP contribution < -0.4 is 11.1 Å². The summed E-state index contributed by atoms with van der Waals surface area (Å²) >= 11 is 0. The van der Waals surface area contributed by atoms with Crippen molar-refractivity contribution in [3.8, 4) is 11.8 Å². The topological polar surface area (TPSA) is 55.1 Å². The molecule has 33 heavy (non-hydrogen) atoms. The predicted molar refractivity (Wildman–Crippen MR) is 126 cm³/mol. The SMILES string of the molecule is CC#CC(C)(C)c1ccc(C(=O)Nc2ccc(C(c3ccc(N)cc3)C(F)(F)F)cc2)cc1. The molecule has 0 heterocycles. The molecule has 3 N–H and O–H groups in total. The van der Waals surface area contributed by atoms with Crippen LogP contribution in [0, 0.1) is 11.8 Å². The standard InChI is InChI=1S/C27H25F3N2O/c1-4-17-26(2,3)21-11-5-20(6-12-21)25(33)32-23-15-9-19(10-16-23)24(27(28,29)30)18-7-13-22(31)14-8-18/h5-16,24H,31H2,1-3H3,(H,32,33). The highest BCUT2D eigenvalue weighted by molar-refractivity contribution is 6.04. The monoisotopic (exact) mass is 450 g/mol. The third kappa shape index (κ3) is 5.75. The Morgan fingerprint density at radius 1 is 0.879 bits per heavy atom. The van der Waals surface area contributed by atoms with Gasteiger partial charge < -0.3 is 11.1 Å². The lowest BCUT2D eigenvalue weighted by Gasteiger charge is -2.22. The second-order valence-corrected chi connectivity index (χ2v) is 8.29. The molecule has 0 bridgehead atoms. The van der Waals surface area contributed by atoms with Crippen LogP contribution in [0.3, 0.4) is 0 Å². The molecule has 3 aromatic rings. The first-order valence-electron chi connectivity index (χ1n) is 10.4. The van der Waals surface area contributed by atoms with Crippen LogP contribution >= 0.6 is 0 Å². The predicted octanol–water partition coefficient (Wildman–Crippen LogP) is 6.52. The second-order valence-electron chi connectivity index (χ2n) is 8.29. The molecule has 3 aromatic carbocycles. The second kappa shape index (κ2) is 9.41. The van der Waals surface area contributed by atoms with E-state index in [0.717, 1.165) is 5.56 Å². The molecule has 170 valence electrons. The van der Waals surface area contributed by atoms with Crippen molar-refractivity contribution in [1.82, 2.24) is 0 Å². The number of anilines is 2. The number of alkyl halides is 3. The highest BCUT2D eigenvalue weighted by Gasteiger charge is 2.41. The zero-order valence-electron chi connectivity index (χ0n) is 18.6. The number of amides is 1. The minimum Gasteiger partial charge on any atom is -0.399 e. The molecule has 0 saturated heterocycles. The Hall–Kier alpha value is -3.72. The van der Waals surface area contributed by atoms with E-state index in [0.29, 0.717) is 16.9 Å². The zero-order chi connectivity index (χ0) is 24.2. The fourth-order valence-electron chi connectivity index (χ4n) is 3.64. The van der Waals surface area contributed by atoms with E-state index in [9.17, 15) is 18.0 Å². The smallest absolute Gasteiger partial charge is 0.399 e. The molecule has 0 aliphatic heterocycles. The summed E-state index contributed by atoms with van der Waals surface area (Å²) in [4.78, 5) is 12.6.